The Morgan fingerprint density at radius 3 is 2.36 bits per heavy atom. The zero-order chi connectivity index (χ0) is 8.65. The fourth-order valence-electron chi connectivity index (χ4n) is 0.806. The SMILES string of the molecule is C#CC1(O)CC(=O)C(Cl)=C1Cl. The van der Waals surface area contributed by atoms with Crippen molar-refractivity contribution >= 4 is 29.0 Å². The van der Waals surface area contributed by atoms with Crippen molar-refractivity contribution in [1.29, 1.82) is 0 Å². The van der Waals surface area contributed by atoms with E-state index in [1.54, 1.807) is 0 Å². The number of terminal acetylenes is 1. The molecule has 4 heteroatoms. The lowest BCUT2D eigenvalue weighted by Gasteiger charge is -2.12. The van der Waals surface area contributed by atoms with Gasteiger partial charge in [0.15, 0.2) is 11.4 Å². The second-order valence-electron chi connectivity index (χ2n) is 2.23. The molecular weight excluding hydrogens is 187 g/mol. The highest BCUT2D eigenvalue weighted by atomic mass is 35.5. The van der Waals surface area contributed by atoms with Gasteiger partial charge < -0.3 is 5.11 Å². The summed E-state index contributed by atoms with van der Waals surface area (Å²) >= 11 is 10.9. The molecule has 0 radical (unpaired) electrons. The normalized spacial score (nSPS) is 30.9. The van der Waals surface area contributed by atoms with Gasteiger partial charge in [0.25, 0.3) is 0 Å². The van der Waals surface area contributed by atoms with Crippen molar-refractivity contribution in [2.75, 3.05) is 0 Å². The van der Waals surface area contributed by atoms with Crippen LogP contribution in [0.3, 0.4) is 0 Å². The lowest BCUT2D eigenvalue weighted by Crippen LogP contribution is -2.24. The maximum absolute atomic E-state index is 10.8. The van der Waals surface area contributed by atoms with Crippen LogP contribution in [-0.4, -0.2) is 16.5 Å². The van der Waals surface area contributed by atoms with E-state index < -0.39 is 11.4 Å². The largest absolute Gasteiger partial charge is 0.372 e. The Labute approximate surface area is 73.8 Å². The molecule has 0 saturated heterocycles. The minimum atomic E-state index is -1.67. The van der Waals surface area contributed by atoms with Crippen molar-refractivity contribution in [3.05, 3.63) is 10.1 Å². The third-order valence-electron chi connectivity index (χ3n) is 1.46. The smallest absolute Gasteiger partial charge is 0.179 e. The van der Waals surface area contributed by atoms with E-state index in [2.05, 4.69) is 0 Å². The van der Waals surface area contributed by atoms with Crippen LogP contribution < -0.4 is 0 Å². The molecule has 0 bridgehead atoms. The van der Waals surface area contributed by atoms with Crippen LogP contribution in [0.15, 0.2) is 10.1 Å². The van der Waals surface area contributed by atoms with Crippen molar-refractivity contribution in [3.63, 3.8) is 0 Å². The van der Waals surface area contributed by atoms with Crippen molar-refractivity contribution in [1.82, 2.24) is 0 Å². The average molecular weight is 191 g/mol. The number of carbonyl (C=O) groups excluding carboxylic acids is 1. The fraction of sp³-hybridized carbons (Fsp3) is 0.286. The van der Waals surface area contributed by atoms with Crippen LogP contribution in [0, 0.1) is 12.3 Å². The van der Waals surface area contributed by atoms with Crippen LogP contribution in [0.25, 0.3) is 0 Å². The number of allylic oxidation sites excluding steroid dienone is 1. The third kappa shape index (κ3) is 1.16. The summed E-state index contributed by atoms with van der Waals surface area (Å²) < 4.78 is 0. The van der Waals surface area contributed by atoms with Crippen LogP contribution in [-0.2, 0) is 4.79 Å². The predicted octanol–water partition coefficient (Wildman–Crippen LogP) is 1.01. The first-order valence-corrected chi connectivity index (χ1v) is 3.56. The van der Waals surface area contributed by atoms with Gasteiger partial charge in [-0.05, 0) is 0 Å². The van der Waals surface area contributed by atoms with Gasteiger partial charge in [0.1, 0.15) is 5.03 Å². The van der Waals surface area contributed by atoms with E-state index in [0.717, 1.165) is 0 Å². The number of Topliss-reactive ketones (excluding diaryl/α,β-unsaturated/α-hetero) is 1. The molecule has 0 aromatic carbocycles. The number of carbonyl (C=O) groups is 1. The molecule has 1 aliphatic carbocycles. The second-order valence-corrected chi connectivity index (χ2v) is 2.99. The van der Waals surface area contributed by atoms with Crippen LogP contribution in [0.1, 0.15) is 6.42 Å². The first-order valence-electron chi connectivity index (χ1n) is 2.80. The van der Waals surface area contributed by atoms with Gasteiger partial charge in [-0.15, -0.1) is 6.42 Å². The Morgan fingerprint density at radius 1 is 1.64 bits per heavy atom. The quantitative estimate of drug-likeness (QED) is 0.580. The van der Waals surface area contributed by atoms with E-state index >= 15 is 0 Å². The third-order valence-corrected chi connectivity index (χ3v) is 2.45. The molecule has 1 N–H and O–H groups in total. The summed E-state index contributed by atoms with van der Waals surface area (Å²) in [5.41, 5.74) is -1.67. The fourth-order valence-corrected chi connectivity index (χ4v) is 1.26. The van der Waals surface area contributed by atoms with Crippen LogP contribution >= 0.6 is 23.2 Å². The van der Waals surface area contributed by atoms with Crippen LogP contribution in [0.2, 0.25) is 0 Å². The standard InChI is InChI=1S/C7H4Cl2O2/c1-2-7(11)3-4(10)5(8)6(7)9/h1,11H,3H2. The molecule has 11 heavy (non-hydrogen) atoms. The summed E-state index contributed by atoms with van der Waals surface area (Å²) in [6.45, 7) is 0. The van der Waals surface area contributed by atoms with Gasteiger partial charge >= 0.3 is 0 Å². The minimum Gasteiger partial charge on any atom is -0.372 e. The summed E-state index contributed by atoms with van der Waals surface area (Å²) in [4.78, 5) is 10.8. The van der Waals surface area contributed by atoms with Crippen molar-refractivity contribution in [3.8, 4) is 12.3 Å². The molecule has 0 fully saturated rings. The zero-order valence-corrected chi connectivity index (χ0v) is 6.91. The second kappa shape index (κ2) is 2.53. The van der Waals surface area contributed by atoms with Crippen molar-refractivity contribution < 1.29 is 9.90 Å². The molecule has 0 aromatic rings. The topological polar surface area (TPSA) is 37.3 Å². The van der Waals surface area contributed by atoms with Crippen LogP contribution in [0.4, 0.5) is 0 Å². The molecule has 1 unspecified atom stereocenters. The Hall–Kier alpha value is -0.490. The van der Waals surface area contributed by atoms with Gasteiger partial charge in [0, 0.05) is 0 Å². The number of ketones is 1. The minimum absolute atomic E-state index is 0.147. The maximum Gasteiger partial charge on any atom is 0.179 e. The summed E-state index contributed by atoms with van der Waals surface area (Å²) in [7, 11) is 0. The number of rotatable bonds is 0. The molecule has 1 rings (SSSR count). The molecule has 58 valence electrons. The molecule has 0 spiro atoms. The zero-order valence-electron chi connectivity index (χ0n) is 5.40. The molecule has 0 aromatic heterocycles. The summed E-state index contributed by atoms with van der Waals surface area (Å²) in [6, 6.07) is 0. The molecule has 2 nitrogen and oxygen atoms in total. The van der Waals surface area contributed by atoms with Gasteiger partial charge in [-0.3, -0.25) is 4.79 Å². The van der Waals surface area contributed by atoms with E-state index in [0.29, 0.717) is 0 Å². The van der Waals surface area contributed by atoms with E-state index in [1.165, 1.54) is 0 Å². The van der Waals surface area contributed by atoms with Crippen molar-refractivity contribution in [2.45, 2.75) is 12.0 Å². The highest BCUT2D eigenvalue weighted by molar-refractivity contribution is 6.50. The van der Waals surface area contributed by atoms with Gasteiger partial charge in [-0.25, -0.2) is 0 Å². The lowest BCUT2D eigenvalue weighted by molar-refractivity contribution is -0.115. The summed E-state index contributed by atoms with van der Waals surface area (Å²) in [5.74, 6) is 1.59. The van der Waals surface area contributed by atoms with Crippen molar-refractivity contribution in [2.24, 2.45) is 0 Å². The van der Waals surface area contributed by atoms with Gasteiger partial charge in [-0.1, -0.05) is 29.1 Å². The van der Waals surface area contributed by atoms with E-state index in [4.69, 9.17) is 29.6 Å². The molecule has 1 atom stereocenters. The first-order chi connectivity index (χ1) is 5.01. The van der Waals surface area contributed by atoms with E-state index in [1.807, 2.05) is 5.92 Å². The Kier molecular flexibility index (Phi) is 1.98. The summed E-state index contributed by atoms with van der Waals surface area (Å²) in [5, 5.41) is 9.07. The molecular formula is C7H4Cl2O2. The summed E-state index contributed by atoms with van der Waals surface area (Å²) in [6.07, 6.45) is 4.73. The van der Waals surface area contributed by atoms with Crippen LogP contribution in [0.5, 0.6) is 0 Å². The molecule has 0 amide bonds. The van der Waals surface area contributed by atoms with E-state index in [-0.39, 0.29) is 16.5 Å². The number of halogens is 2. The predicted molar refractivity (Wildman–Crippen MR) is 42.1 cm³/mol. The first kappa shape index (κ1) is 8.61. The molecule has 0 aliphatic heterocycles. The molecule has 0 saturated carbocycles. The Balaban J connectivity index is 3.16. The Bertz CT molecular complexity index is 287. The highest BCUT2D eigenvalue weighted by Crippen LogP contribution is 2.37. The highest BCUT2D eigenvalue weighted by Gasteiger charge is 2.41. The number of hydrogen-bond acceptors (Lipinski definition) is 2. The number of aliphatic hydroxyl groups is 1. The molecule has 0 heterocycles. The van der Waals surface area contributed by atoms with Gasteiger partial charge in [0.05, 0.1) is 11.5 Å². The lowest BCUT2D eigenvalue weighted by atomic mass is 10.1. The molecule has 1 aliphatic rings. The van der Waals surface area contributed by atoms with E-state index in [9.17, 15) is 9.90 Å². The average Bonchev–Trinajstić information content (AvgIpc) is 2.17. The number of hydrogen-bond donors (Lipinski definition) is 1. The monoisotopic (exact) mass is 190 g/mol. The van der Waals surface area contributed by atoms with Gasteiger partial charge in [0.2, 0.25) is 0 Å². The maximum atomic E-state index is 10.8. The Morgan fingerprint density at radius 2 is 2.18 bits per heavy atom. The van der Waals surface area contributed by atoms with Gasteiger partial charge in [-0.2, -0.15) is 0 Å².